The van der Waals surface area contributed by atoms with Crippen LogP contribution < -0.4 is 4.90 Å². The Balaban J connectivity index is 1.59. The summed E-state index contributed by atoms with van der Waals surface area (Å²) in [5.74, 6) is 0. The standard InChI is InChI=1S/C22H26ClN3S/c1-3-24(4-2)14-7-15-25-20(17-10-12-18(23)13-11-17)16-26-19-8-5-6-9-21(19)27-22(25)26/h5-6,8-13,16,22H,3-4,7,14-15H2,1-2H3. The lowest BCUT2D eigenvalue weighted by Crippen LogP contribution is -2.36. The minimum absolute atomic E-state index is 0.310. The molecule has 3 nitrogen and oxygen atoms in total. The fraction of sp³-hybridized carbons (Fsp3) is 0.364. The van der Waals surface area contributed by atoms with Gasteiger partial charge in [-0.05, 0) is 55.9 Å². The predicted octanol–water partition coefficient (Wildman–Crippen LogP) is 5.58. The van der Waals surface area contributed by atoms with E-state index in [0.717, 1.165) is 37.6 Å². The summed E-state index contributed by atoms with van der Waals surface area (Å²) in [5, 5.41) is 0.783. The maximum Gasteiger partial charge on any atom is 0.159 e. The van der Waals surface area contributed by atoms with Gasteiger partial charge >= 0.3 is 0 Å². The fourth-order valence-electron chi connectivity index (χ4n) is 3.83. The van der Waals surface area contributed by atoms with Crippen molar-refractivity contribution in [2.45, 2.75) is 30.7 Å². The minimum Gasteiger partial charge on any atom is -0.340 e. The van der Waals surface area contributed by atoms with E-state index >= 15 is 0 Å². The van der Waals surface area contributed by atoms with Crippen LogP contribution in [0.2, 0.25) is 5.02 Å². The van der Waals surface area contributed by atoms with Gasteiger partial charge in [-0.2, -0.15) is 0 Å². The Bertz CT molecular complexity index is 817. The first-order chi connectivity index (χ1) is 13.2. The molecule has 2 aliphatic heterocycles. The van der Waals surface area contributed by atoms with E-state index in [2.05, 4.69) is 71.1 Å². The second kappa shape index (κ2) is 8.17. The van der Waals surface area contributed by atoms with E-state index in [0.29, 0.717) is 5.50 Å². The van der Waals surface area contributed by atoms with E-state index in [1.54, 1.807) is 0 Å². The van der Waals surface area contributed by atoms with E-state index in [4.69, 9.17) is 11.6 Å². The van der Waals surface area contributed by atoms with Gasteiger partial charge in [-0.25, -0.2) is 0 Å². The third-order valence-corrected chi connectivity index (χ3v) is 6.90. The number of halogens is 1. The Morgan fingerprint density at radius 2 is 1.78 bits per heavy atom. The highest BCUT2D eigenvalue weighted by atomic mass is 35.5. The van der Waals surface area contributed by atoms with Crippen LogP contribution in [-0.2, 0) is 0 Å². The predicted molar refractivity (Wildman–Crippen MR) is 117 cm³/mol. The van der Waals surface area contributed by atoms with Crippen LogP contribution in [-0.4, -0.2) is 41.5 Å². The topological polar surface area (TPSA) is 9.72 Å². The van der Waals surface area contributed by atoms with Gasteiger partial charge in [-0.1, -0.05) is 61.5 Å². The molecule has 2 aliphatic rings. The fourth-order valence-corrected chi connectivity index (χ4v) is 5.27. The van der Waals surface area contributed by atoms with Gasteiger partial charge in [0.25, 0.3) is 0 Å². The summed E-state index contributed by atoms with van der Waals surface area (Å²) in [5.41, 5.74) is 4.14. The Hall–Kier alpha value is -1.62. The zero-order chi connectivity index (χ0) is 18.8. The smallest absolute Gasteiger partial charge is 0.159 e. The van der Waals surface area contributed by atoms with Crippen molar-refractivity contribution >= 4 is 34.7 Å². The molecule has 0 saturated carbocycles. The lowest BCUT2D eigenvalue weighted by atomic mass is 10.1. The van der Waals surface area contributed by atoms with Crippen molar-refractivity contribution in [2.24, 2.45) is 0 Å². The number of nitrogens with zero attached hydrogens (tertiary/aromatic N) is 3. The van der Waals surface area contributed by atoms with Crippen LogP contribution in [0.25, 0.3) is 5.70 Å². The lowest BCUT2D eigenvalue weighted by Gasteiger charge is -2.30. The largest absolute Gasteiger partial charge is 0.340 e. The Kier molecular flexibility index (Phi) is 5.67. The van der Waals surface area contributed by atoms with Crippen LogP contribution in [0.5, 0.6) is 0 Å². The van der Waals surface area contributed by atoms with Crippen LogP contribution in [0.1, 0.15) is 25.8 Å². The Morgan fingerprint density at radius 3 is 2.52 bits per heavy atom. The van der Waals surface area contributed by atoms with Crippen molar-refractivity contribution in [3.8, 4) is 0 Å². The van der Waals surface area contributed by atoms with Crippen molar-refractivity contribution in [1.82, 2.24) is 9.80 Å². The summed E-state index contributed by atoms with van der Waals surface area (Å²) in [6.07, 6.45) is 3.47. The Labute approximate surface area is 171 Å². The summed E-state index contributed by atoms with van der Waals surface area (Å²) < 4.78 is 0. The molecule has 4 rings (SSSR count). The van der Waals surface area contributed by atoms with Crippen molar-refractivity contribution in [1.29, 1.82) is 0 Å². The minimum atomic E-state index is 0.310. The molecule has 0 fully saturated rings. The van der Waals surface area contributed by atoms with E-state index < -0.39 is 0 Å². The summed E-state index contributed by atoms with van der Waals surface area (Å²) in [6.45, 7) is 8.90. The number of rotatable bonds is 7. The van der Waals surface area contributed by atoms with Crippen molar-refractivity contribution in [3.63, 3.8) is 0 Å². The summed E-state index contributed by atoms with van der Waals surface area (Å²) in [6, 6.07) is 16.9. The zero-order valence-electron chi connectivity index (χ0n) is 15.9. The van der Waals surface area contributed by atoms with E-state index in [1.807, 2.05) is 23.9 Å². The first kappa shape index (κ1) is 18.7. The highest BCUT2D eigenvalue weighted by Crippen LogP contribution is 2.50. The van der Waals surface area contributed by atoms with Crippen LogP contribution in [0.3, 0.4) is 0 Å². The van der Waals surface area contributed by atoms with Crippen molar-refractivity contribution in [2.75, 3.05) is 31.1 Å². The molecule has 0 amide bonds. The zero-order valence-corrected chi connectivity index (χ0v) is 17.5. The molecule has 0 aromatic heterocycles. The second-order valence-electron chi connectivity index (χ2n) is 6.91. The van der Waals surface area contributed by atoms with E-state index in [1.165, 1.54) is 21.8 Å². The van der Waals surface area contributed by atoms with Gasteiger partial charge in [0.2, 0.25) is 0 Å². The normalized spacial score (nSPS) is 18.1. The van der Waals surface area contributed by atoms with Gasteiger partial charge in [-0.3, -0.25) is 0 Å². The SMILES string of the molecule is CCN(CC)CCCN1C(c2ccc(Cl)cc2)=CN2c3ccccc3SC12. The van der Waals surface area contributed by atoms with Crippen molar-refractivity contribution < 1.29 is 0 Å². The molecule has 5 heteroatoms. The molecule has 1 atom stereocenters. The number of anilines is 1. The molecule has 2 aromatic carbocycles. The highest BCUT2D eigenvalue weighted by Gasteiger charge is 2.39. The number of hydrogen-bond acceptors (Lipinski definition) is 4. The molecule has 0 saturated heterocycles. The monoisotopic (exact) mass is 399 g/mol. The summed E-state index contributed by atoms with van der Waals surface area (Å²) in [7, 11) is 0. The van der Waals surface area contributed by atoms with Crippen molar-refractivity contribution in [3.05, 3.63) is 65.3 Å². The Morgan fingerprint density at radius 1 is 1.04 bits per heavy atom. The average molecular weight is 400 g/mol. The van der Waals surface area contributed by atoms with E-state index in [-0.39, 0.29) is 0 Å². The number of benzene rings is 2. The van der Waals surface area contributed by atoms with Crippen LogP contribution in [0.15, 0.2) is 59.6 Å². The molecule has 27 heavy (non-hydrogen) atoms. The van der Waals surface area contributed by atoms with Gasteiger partial charge in [0, 0.05) is 22.7 Å². The molecule has 0 bridgehead atoms. The first-order valence-corrected chi connectivity index (χ1v) is 11.0. The molecule has 142 valence electrons. The molecule has 2 aromatic rings. The first-order valence-electron chi connectivity index (χ1n) is 9.72. The molecule has 2 heterocycles. The van der Waals surface area contributed by atoms with Gasteiger partial charge in [0.05, 0.1) is 11.4 Å². The summed E-state index contributed by atoms with van der Waals surface area (Å²) >= 11 is 8.06. The molecule has 0 N–H and O–H groups in total. The molecular formula is C22H26ClN3S. The van der Waals surface area contributed by atoms with Crippen LogP contribution in [0, 0.1) is 0 Å². The number of hydrogen-bond donors (Lipinski definition) is 0. The molecule has 1 unspecified atom stereocenters. The number of fused-ring (bicyclic) bond motifs is 3. The highest BCUT2D eigenvalue weighted by molar-refractivity contribution is 8.00. The third kappa shape index (κ3) is 3.71. The molecule has 0 aliphatic carbocycles. The van der Waals surface area contributed by atoms with Gasteiger partial charge in [-0.15, -0.1) is 0 Å². The maximum atomic E-state index is 6.11. The van der Waals surface area contributed by atoms with E-state index in [9.17, 15) is 0 Å². The van der Waals surface area contributed by atoms with Crippen LogP contribution >= 0.6 is 23.4 Å². The second-order valence-corrected chi connectivity index (χ2v) is 8.45. The number of para-hydroxylation sites is 1. The third-order valence-electron chi connectivity index (χ3n) is 5.36. The van der Waals surface area contributed by atoms with Gasteiger partial charge < -0.3 is 14.7 Å². The average Bonchev–Trinajstić information content (AvgIpc) is 3.22. The quantitative estimate of drug-likeness (QED) is 0.600. The molecule has 0 spiro atoms. The van der Waals surface area contributed by atoms with Gasteiger partial charge in [0.15, 0.2) is 5.50 Å². The molecule has 0 radical (unpaired) electrons. The maximum absolute atomic E-state index is 6.11. The molecular weight excluding hydrogens is 374 g/mol. The lowest BCUT2D eigenvalue weighted by molar-refractivity contribution is 0.278. The van der Waals surface area contributed by atoms with Gasteiger partial charge in [0.1, 0.15) is 0 Å². The van der Waals surface area contributed by atoms with Crippen LogP contribution in [0.4, 0.5) is 5.69 Å². The summed E-state index contributed by atoms with van der Waals surface area (Å²) in [4.78, 5) is 8.83. The number of thioether (sulfide) groups is 1.